The zero-order valence-electron chi connectivity index (χ0n) is 10.2. The van der Waals surface area contributed by atoms with Gasteiger partial charge in [-0.25, -0.2) is 4.99 Å². The number of nitrogens with two attached hydrogens (primary N) is 1. The third kappa shape index (κ3) is 2.44. The van der Waals surface area contributed by atoms with Crippen LogP contribution in [0.2, 0.25) is 0 Å². The van der Waals surface area contributed by atoms with E-state index in [1.165, 1.54) is 19.3 Å². The number of likely N-dealkylation sites (tertiary alicyclic amines) is 1. The molecule has 86 valence electrons. The van der Waals surface area contributed by atoms with E-state index in [2.05, 4.69) is 30.7 Å². The van der Waals surface area contributed by atoms with Crippen molar-refractivity contribution in [1.82, 2.24) is 4.90 Å². The number of guanidine groups is 1. The van der Waals surface area contributed by atoms with Gasteiger partial charge in [0.05, 0.1) is 6.04 Å². The lowest BCUT2D eigenvalue weighted by Gasteiger charge is -2.31. The van der Waals surface area contributed by atoms with Crippen LogP contribution in [0.5, 0.6) is 0 Å². The van der Waals surface area contributed by atoms with E-state index in [0.717, 1.165) is 25.0 Å². The smallest absolute Gasteiger partial charge is 0.191 e. The van der Waals surface area contributed by atoms with E-state index in [1.54, 1.807) is 0 Å². The minimum atomic E-state index is 0.395. The number of piperidine rings is 1. The minimum absolute atomic E-state index is 0.395. The second-order valence-electron chi connectivity index (χ2n) is 5.89. The molecule has 0 aromatic rings. The summed E-state index contributed by atoms with van der Waals surface area (Å²) in [6.45, 7) is 8.98. The molecule has 2 N–H and O–H groups in total. The Morgan fingerprint density at radius 3 is 2.67 bits per heavy atom. The molecule has 0 aromatic carbocycles. The van der Waals surface area contributed by atoms with Crippen LogP contribution in [-0.4, -0.2) is 30.0 Å². The lowest BCUT2D eigenvalue weighted by atomic mass is 10.0. The van der Waals surface area contributed by atoms with E-state index in [4.69, 9.17) is 5.73 Å². The fraction of sp³-hybridized carbons (Fsp3) is 0.917. The summed E-state index contributed by atoms with van der Waals surface area (Å²) in [5, 5.41) is 0. The molecule has 2 unspecified atom stereocenters. The Hall–Kier alpha value is -0.730. The lowest BCUT2D eigenvalue weighted by molar-refractivity contribution is 0.270. The topological polar surface area (TPSA) is 41.6 Å². The van der Waals surface area contributed by atoms with E-state index in [-0.39, 0.29) is 0 Å². The summed E-state index contributed by atoms with van der Waals surface area (Å²) in [6, 6.07) is 0.467. The third-order valence-corrected chi connectivity index (χ3v) is 3.73. The van der Waals surface area contributed by atoms with Crippen LogP contribution in [0.15, 0.2) is 4.99 Å². The summed E-state index contributed by atoms with van der Waals surface area (Å²) in [5.41, 5.74) is 6.44. The summed E-state index contributed by atoms with van der Waals surface area (Å²) in [4.78, 5) is 6.87. The van der Waals surface area contributed by atoms with Crippen LogP contribution in [0.25, 0.3) is 0 Å². The first kappa shape index (κ1) is 10.8. The van der Waals surface area contributed by atoms with E-state index in [1.807, 2.05) is 0 Å². The maximum atomic E-state index is 6.05. The predicted molar refractivity (Wildman–Crippen MR) is 63.8 cm³/mol. The van der Waals surface area contributed by atoms with Gasteiger partial charge >= 0.3 is 0 Å². The molecule has 3 nitrogen and oxygen atoms in total. The average Bonchev–Trinajstić information content (AvgIpc) is 2.73. The van der Waals surface area contributed by atoms with Crippen molar-refractivity contribution in [2.24, 2.45) is 22.1 Å². The van der Waals surface area contributed by atoms with Crippen LogP contribution in [0, 0.1) is 11.3 Å². The average molecular weight is 209 g/mol. The van der Waals surface area contributed by atoms with Gasteiger partial charge in [-0.3, -0.25) is 0 Å². The fourth-order valence-electron chi connectivity index (χ4n) is 2.30. The molecule has 0 aromatic heterocycles. The molecule has 1 saturated heterocycles. The van der Waals surface area contributed by atoms with Gasteiger partial charge in [-0.1, -0.05) is 20.8 Å². The fourth-order valence-corrected chi connectivity index (χ4v) is 2.30. The maximum Gasteiger partial charge on any atom is 0.191 e. The van der Waals surface area contributed by atoms with Gasteiger partial charge in [0.25, 0.3) is 0 Å². The summed E-state index contributed by atoms with van der Waals surface area (Å²) < 4.78 is 0. The molecule has 0 bridgehead atoms. The van der Waals surface area contributed by atoms with E-state index in [9.17, 15) is 0 Å². The lowest BCUT2D eigenvalue weighted by Crippen LogP contribution is -2.43. The molecule has 2 aliphatic rings. The molecule has 0 amide bonds. The second-order valence-corrected chi connectivity index (χ2v) is 5.89. The second kappa shape index (κ2) is 3.69. The van der Waals surface area contributed by atoms with Crippen molar-refractivity contribution in [3.05, 3.63) is 0 Å². The van der Waals surface area contributed by atoms with Gasteiger partial charge in [0.2, 0.25) is 0 Å². The quantitative estimate of drug-likeness (QED) is 0.529. The first-order chi connectivity index (χ1) is 6.99. The molecule has 1 heterocycles. The largest absolute Gasteiger partial charge is 0.370 e. The highest BCUT2D eigenvalue weighted by atomic mass is 15.3. The van der Waals surface area contributed by atoms with Crippen molar-refractivity contribution in [3.63, 3.8) is 0 Å². The molecule has 1 saturated carbocycles. The molecule has 0 radical (unpaired) electrons. The van der Waals surface area contributed by atoms with Gasteiger partial charge in [0.15, 0.2) is 5.96 Å². The van der Waals surface area contributed by atoms with Gasteiger partial charge in [0, 0.05) is 13.1 Å². The molecular formula is C12H23N3. The number of aliphatic imine (C=N–C) groups is 1. The van der Waals surface area contributed by atoms with Gasteiger partial charge < -0.3 is 10.6 Å². The molecule has 1 aliphatic carbocycles. The number of hydrogen-bond donors (Lipinski definition) is 1. The molecule has 1 aliphatic heterocycles. The SMILES string of the molecule is CC1CCCN(C(N)=NC2CC2(C)C)C1. The first-order valence-electron chi connectivity index (χ1n) is 6.07. The van der Waals surface area contributed by atoms with Crippen molar-refractivity contribution in [2.45, 2.75) is 46.1 Å². The van der Waals surface area contributed by atoms with Crippen molar-refractivity contribution >= 4 is 5.96 Å². The highest BCUT2D eigenvalue weighted by molar-refractivity contribution is 5.78. The predicted octanol–water partition coefficient (Wildman–Crippen LogP) is 1.83. The van der Waals surface area contributed by atoms with Gasteiger partial charge in [-0.2, -0.15) is 0 Å². The Kier molecular flexibility index (Phi) is 2.65. The molecular weight excluding hydrogens is 186 g/mol. The molecule has 15 heavy (non-hydrogen) atoms. The standard InChI is InChI=1S/C12H23N3/c1-9-5-4-6-15(8-9)11(13)14-10-7-12(10,2)3/h9-10H,4-8H2,1-3H3,(H2,13,14). The van der Waals surface area contributed by atoms with Crippen LogP contribution in [0.3, 0.4) is 0 Å². The van der Waals surface area contributed by atoms with Crippen molar-refractivity contribution in [2.75, 3.05) is 13.1 Å². The maximum absolute atomic E-state index is 6.05. The van der Waals surface area contributed by atoms with Crippen LogP contribution in [0.1, 0.15) is 40.0 Å². The van der Waals surface area contributed by atoms with E-state index in [0.29, 0.717) is 11.5 Å². The van der Waals surface area contributed by atoms with Crippen LogP contribution in [0.4, 0.5) is 0 Å². The summed E-state index contributed by atoms with van der Waals surface area (Å²) in [7, 11) is 0. The van der Waals surface area contributed by atoms with E-state index >= 15 is 0 Å². The van der Waals surface area contributed by atoms with E-state index < -0.39 is 0 Å². The Bertz CT molecular complexity index is 270. The number of nitrogens with zero attached hydrogens (tertiary/aromatic N) is 2. The zero-order chi connectivity index (χ0) is 11.1. The molecule has 0 spiro atoms. The molecule has 2 fully saturated rings. The number of rotatable bonds is 1. The summed E-state index contributed by atoms with van der Waals surface area (Å²) >= 11 is 0. The normalized spacial score (nSPS) is 35.4. The summed E-state index contributed by atoms with van der Waals surface area (Å²) in [6.07, 6.45) is 3.78. The monoisotopic (exact) mass is 209 g/mol. The minimum Gasteiger partial charge on any atom is -0.370 e. The third-order valence-electron chi connectivity index (χ3n) is 3.73. The van der Waals surface area contributed by atoms with Gasteiger partial charge in [-0.05, 0) is 30.6 Å². The first-order valence-corrected chi connectivity index (χ1v) is 6.07. The van der Waals surface area contributed by atoms with Gasteiger partial charge in [0.1, 0.15) is 0 Å². The molecule has 2 rings (SSSR count). The Morgan fingerprint density at radius 1 is 1.47 bits per heavy atom. The number of hydrogen-bond acceptors (Lipinski definition) is 1. The summed E-state index contributed by atoms with van der Waals surface area (Å²) in [5.74, 6) is 1.54. The van der Waals surface area contributed by atoms with Gasteiger partial charge in [-0.15, -0.1) is 0 Å². The highest BCUT2D eigenvalue weighted by Gasteiger charge is 2.46. The Morgan fingerprint density at radius 2 is 2.13 bits per heavy atom. The van der Waals surface area contributed by atoms with Crippen molar-refractivity contribution in [1.29, 1.82) is 0 Å². The van der Waals surface area contributed by atoms with Crippen LogP contribution < -0.4 is 5.73 Å². The highest BCUT2D eigenvalue weighted by Crippen LogP contribution is 2.47. The Balaban J connectivity index is 1.92. The van der Waals surface area contributed by atoms with Crippen molar-refractivity contribution in [3.8, 4) is 0 Å². The van der Waals surface area contributed by atoms with Crippen LogP contribution in [-0.2, 0) is 0 Å². The molecule has 2 atom stereocenters. The van der Waals surface area contributed by atoms with Crippen molar-refractivity contribution < 1.29 is 0 Å². The zero-order valence-corrected chi connectivity index (χ0v) is 10.2. The van der Waals surface area contributed by atoms with Crippen LogP contribution >= 0.6 is 0 Å². The molecule has 3 heteroatoms. The Labute approximate surface area is 92.7 Å².